The van der Waals surface area contributed by atoms with Crippen molar-refractivity contribution in [2.75, 3.05) is 18.6 Å². The highest BCUT2D eigenvalue weighted by Gasteiger charge is 2.22. The van der Waals surface area contributed by atoms with Crippen molar-refractivity contribution < 1.29 is 5.11 Å². The molecule has 1 atom stereocenters. The lowest BCUT2D eigenvalue weighted by atomic mass is 10.0. The van der Waals surface area contributed by atoms with Gasteiger partial charge in [0.1, 0.15) is 0 Å². The van der Waals surface area contributed by atoms with E-state index in [1.165, 1.54) is 0 Å². The highest BCUT2D eigenvalue weighted by atomic mass is 16.3. The predicted octanol–water partition coefficient (Wildman–Crippen LogP) is 2.30. The maximum absolute atomic E-state index is 9.34. The zero-order valence-corrected chi connectivity index (χ0v) is 11.3. The van der Waals surface area contributed by atoms with Crippen LogP contribution < -0.4 is 10.6 Å². The van der Waals surface area contributed by atoms with Gasteiger partial charge in [0.2, 0.25) is 0 Å². The second-order valence-electron chi connectivity index (χ2n) is 5.14. The number of anilines is 1. The van der Waals surface area contributed by atoms with Crippen LogP contribution in [0.1, 0.15) is 38.8 Å². The van der Waals surface area contributed by atoms with E-state index >= 15 is 0 Å². The second kappa shape index (κ2) is 5.52. The third kappa shape index (κ3) is 3.20. The van der Waals surface area contributed by atoms with Crippen LogP contribution in [0.25, 0.3) is 0 Å². The van der Waals surface area contributed by atoms with Crippen LogP contribution in [0.4, 0.5) is 5.69 Å². The van der Waals surface area contributed by atoms with E-state index in [9.17, 15) is 5.11 Å². The molecule has 1 unspecified atom stereocenters. The normalized spacial score (nSPS) is 13.5. The zero-order chi connectivity index (χ0) is 13.1. The summed E-state index contributed by atoms with van der Waals surface area (Å²) < 4.78 is 0. The number of rotatable bonds is 5. The van der Waals surface area contributed by atoms with Crippen LogP contribution in [-0.2, 0) is 0 Å². The lowest BCUT2D eigenvalue weighted by molar-refractivity contribution is 0.216. The first-order valence-corrected chi connectivity index (χ1v) is 6.12. The summed E-state index contributed by atoms with van der Waals surface area (Å²) in [7, 11) is 1.99. The van der Waals surface area contributed by atoms with Crippen molar-refractivity contribution >= 4 is 5.69 Å². The van der Waals surface area contributed by atoms with Gasteiger partial charge in [0.25, 0.3) is 0 Å². The number of aliphatic hydroxyl groups excluding tert-OH is 1. The Bertz CT molecular complexity index is 346. The van der Waals surface area contributed by atoms with Crippen molar-refractivity contribution in [2.24, 2.45) is 5.73 Å². The second-order valence-corrected chi connectivity index (χ2v) is 5.14. The average molecular weight is 236 g/mol. The molecule has 3 heteroatoms. The number of likely N-dealkylation sites (N-methyl/N-ethyl adjacent to an activating group) is 1. The van der Waals surface area contributed by atoms with Crippen molar-refractivity contribution in [3.05, 3.63) is 29.8 Å². The van der Waals surface area contributed by atoms with Gasteiger partial charge in [-0.1, -0.05) is 19.1 Å². The fraction of sp³-hybridized carbons (Fsp3) is 0.571. The number of nitrogens with zero attached hydrogens (tertiary/aromatic N) is 1. The van der Waals surface area contributed by atoms with Gasteiger partial charge in [0, 0.05) is 18.8 Å². The summed E-state index contributed by atoms with van der Waals surface area (Å²) in [5.74, 6) is 0. The van der Waals surface area contributed by atoms with E-state index in [4.69, 9.17) is 5.73 Å². The molecule has 3 nitrogen and oxygen atoms in total. The van der Waals surface area contributed by atoms with Crippen LogP contribution in [-0.4, -0.2) is 24.3 Å². The standard InChI is InChI=1S/C14H24N2O/c1-5-13(15)11-6-8-12(9-7-11)16(4)14(2,3)10-17/h6-9,13,17H,5,10,15H2,1-4H3. The Morgan fingerprint density at radius 1 is 1.29 bits per heavy atom. The molecule has 0 aliphatic carbocycles. The summed E-state index contributed by atoms with van der Waals surface area (Å²) in [4.78, 5) is 2.08. The molecule has 0 spiro atoms. The number of hydrogen-bond donors (Lipinski definition) is 2. The van der Waals surface area contributed by atoms with Gasteiger partial charge in [-0.3, -0.25) is 0 Å². The van der Waals surface area contributed by atoms with Crippen LogP contribution in [0.5, 0.6) is 0 Å². The minimum absolute atomic E-state index is 0.111. The Labute approximate surface area is 104 Å². The summed E-state index contributed by atoms with van der Waals surface area (Å²) in [5.41, 5.74) is 7.98. The minimum Gasteiger partial charge on any atom is -0.394 e. The lowest BCUT2D eigenvalue weighted by Crippen LogP contribution is -2.44. The monoisotopic (exact) mass is 236 g/mol. The largest absolute Gasteiger partial charge is 0.394 e. The lowest BCUT2D eigenvalue weighted by Gasteiger charge is -2.36. The SMILES string of the molecule is CCC(N)c1ccc(N(C)C(C)(C)CO)cc1. The molecule has 0 saturated carbocycles. The van der Waals surface area contributed by atoms with Crippen LogP contribution in [0.15, 0.2) is 24.3 Å². The molecule has 0 aliphatic heterocycles. The van der Waals surface area contributed by atoms with Gasteiger partial charge in [0.15, 0.2) is 0 Å². The molecule has 0 amide bonds. The van der Waals surface area contributed by atoms with Crippen molar-refractivity contribution in [1.29, 1.82) is 0 Å². The molecule has 0 saturated heterocycles. The summed E-state index contributed by atoms with van der Waals surface area (Å²) >= 11 is 0. The van der Waals surface area contributed by atoms with E-state index in [2.05, 4.69) is 36.1 Å². The zero-order valence-electron chi connectivity index (χ0n) is 11.3. The molecule has 96 valence electrons. The Balaban J connectivity index is 2.88. The van der Waals surface area contributed by atoms with Crippen molar-refractivity contribution in [2.45, 2.75) is 38.8 Å². The van der Waals surface area contributed by atoms with E-state index < -0.39 is 0 Å². The first-order valence-electron chi connectivity index (χ1n) is 6.12. The van der Waals surface area contributed by atoms with Crippen LogP contribution in [0.3, 0.4) is 0 Å². The third-order valence-corrected chi connectivity index (χ3v) is 3.44. The number of nitrogens with two attached hydrogens (primary N) is 1. The van der Waals surface area contributed by atoms with E-state index in [-0.39, 0.29) is 18.2 Å². The quantitative estimate of drug-likeness (QED) is 0.824. The Morgan fingerprint density at radius 2 is 1.82 bits per heavy atom. The number of aliphatic hydroxyl groups is 1. The number of benzene rings is 1. The summed E-state index contributed by atoms with van der Waals surface area (Å²) in [6, 6.07) is 8.35. The van der Waals surface area contributed by atoms with Gasteiger partial charge in [-0.2, -0.15) is 0 Å². The molecular weight excluding hydrogens is 212 g/mol. The highest BCUT2D eigenvalue weighted by Crippen LogP contribution is 2.24. The average Bonchev–Trinajstić information content (AvgIpc) is 2.37. The Hall–Kier alpha value is -1.06. The van der Waals surface area contributed by atoms with Crippen molar-refractivity contribution in [3.63, 3.8) is 0 Å². The summed E-state index contributed by atoms with van der Waals surface area (Å²) in [5, 5.41) is 9.34. The van der Waals surface area contributed by atoms with Crippen molar-refractivity contribution in [1.82, 2.24) is 0 Å². The summed E-state index contributed by atoms with van der Waals surface area (Å²) in [6.07, 6.45) is 0.942. The minimum atomic E-state index is -0.256. The molecule has 0 bridgehead atoms. The first kappa shape index (κ1) is 14.0. The molecule has 0 radical (unpaired) electrons. The molecule has 1 rings (SSSR count). The fourth-order valence-corrected chi connectivity index (χ4v) is 1.64. The van der Waals surface area contributed by atoms with Crippen LogP contribution in [0.2, 0.25) is 0 Å². The smallest absolute Gasteiger partial charge is 0.0658 e. The molecule has 1 aromatic carbocycles. The molecule has 0 fully saturated rings. The molecular formula is C14H24N2O. The van der Waals surface area contributed by atoms with Gasteiger partial charge in [-0.25, -0.2) is 0 Å². The van der Waals surface area contributed by atoms with E-state index in [0.29, 0.717) is 0 Å². The Kier molecular flexibility index (Phi) is 4.54. The topological polar surface area (TPSA) is 49.5 Å². The fourth-order valence-electron chi connectivity index (χ4n) is 1.64. The summed E-state index contributed by atoms with van der Waals surface area (Å²) in [6.45, 7) is 6.23. The highest BCUT2D eigenvalue weighted by molar-refractivity contribution is 5.49. The van der Waals surface area contributed by atoms with Gasteiger partial charge in [0.05, 0.1) is 12.1 Å². The van der Waals surface area contributed by atoms with E-state index in [1.807, 2.05) is 20.9 Å². The molecule has 3 N–H and O–H groups in total. The maximum atomic E-state index is 9.34. The first-order chi connectivity index (χ1) is 7.92. The van der Waals surface area contributed by atoms with Gasteiger partial charge in [-0.15, -0.1) is 0 Å². The van der Waals surface area contributed by atoms with Gasteiger partial charge in [-0.05, 0) is 38.0 Å². The molecule has 0 aromatic heterocycles. The van der Waals surface area contributed by atoms with Gasteiger partial charge < -0.3 is 15.7 Å². The predicted molar refractivity (Wildman–Crippen MR) is 73.2 cm³/mol. The van der Waals surface area contributed by atoms with E-state index in [0.717, 1.165) is 17.7 Å². The Morgan fingerprint density at radius 3 is 2.24 bits per heavy atom. The molecule has 0 aliphatic rings. The van der Waals surface area contributed by atoms with Crippen LogP contribution >= 0.6 is 0 Å². The molecule has 1 aromatic rings. The van der Waals surface area contributed by atoms with E-state index in [1.54, 1.807) is 0 Å². The van der Waals surface area contributed by atoms with Crippen LogP contribution in [0, 0.1) is 0 Å². The maximum Gasteiger partial charge on any atom is 0.0658 e. The number of hydrogen-bond acceptors (Lipinski definition) is 3. The molecule has 17 heavy (non-hydrogen) atoms. The van der Waals surface area contributed by atoms with Crippen molar-refractivity contribution in [3.8, 4) is 0 Å². The third-order valence-electron chi connectivity index (χ3n) is 3.44. The van der Waals surface area contributed by atoms with Gasteiger partial charge >= 0.3 is 0 Å². The molecule has 0 heterocycles.